The molecule has 21 heavy (non-hydrogen) atoms. The van der Waals surface area contributed by atoms with E-state index in [1.807, 2.05) is 32.9 Å². The normalized spacial score (nSPS) is 13.9. The summed E-state index contributed by atoms with van der Waals surface area (Å²) in [4.78, 5) is 4.17. The molecule has 0 saturated heterocycles. The Balaban J connectivity index is 2.65. The number of guanidine groups is 1. The summed E-state index contributed by atoms with van der Waals surface area (Å²) in [5.41, 5.74) is 0.353. The maximum Gasteiger partial charge on any atom is 0.191 e. The van der Waals surface area contributed by atoms with Crippen LogP contribution in [-0.4, -0.2) is 39.3 Å². The third-order valence-corrected chi connectivity index (χ3v) is 3.32. The molecule has 4 nitrogen and oxygen atoms in total. The van der Waals surface area contributed by atoms with Gasteiger partial charge in [-0.15, -0.1) is 0 Å². The number of rotatable bonds is 6. The second-order valence-electron chi connectivity index (χ2n) is 5.79. The Morgan fingerprint density at radius 1 is 1.38 bits per heavy atom. The highest BCUT2D eigenvalue weighted by atomic mass is 19.1. The summed E-state index contributed by atoms with van der Waals surface area (Å²) in [6.45, 7) is 7.19. The van der Waals surface area contributed by atoms with Crippen LogP contribution < -0.4 is 10.6 Å². The number of aliphatic imine (C=N–C) groups is 1. The molecule has 1 atom stereocenters. The van der Waals surface area contributed by atoms with Crippen LogP contribution in [0, 0.1) is 5.82 Å². The summed E-state index contributed by atoms with van der Waals surface area (Å²) < 4.78 is 19.0. The largest absolute Gasteiger partial charge is 0.383 e. The molecule has 0 heterocycles. The Kier molecular flexibility index (Phi) is 6.62. The molecule has 118 valence electrons. The van der Waals surface area contributed by atoms with Gasteiger partial charge < -0.3 is 15.4 Å². The van der Waals surface area contributed by atoms with E-state index >= 15 is 0 Å². The number of ether oxygens (including phenoxy) is 1. The van der Waals surface area contributed by atoms with E-state index in [1.165, 1.54) is 6.07 Å². The van der Waals surface area contributed by atoms with Gasteiger partial charge in [0.2, 0.25) is 0 Å². The van der Waals surface area contributed by atoms with E-state index in [1.54, 1.807) is 20.2 Å². The first-order chi connectivity index (χ1) is 9.90. The molecule has 1 rings (SSSR count). The Labute approximate surface area is 126 Å². The lowest BCUT2D eigenvalue weighted by molar-refractivity contribution is 0.179. The van der Waals surface area contributed by atoms with E-state index in [2.05, 4.69) is 15.6 Å². The summed E-state index contributed by atoms with van der Waals surface area (Å²) in [5.74, 6) is 0.504. The summed E-state index contributed by atoms with van der Waals surface area (Å²) in [6, 6.07) is 7.02. The van der Waals surface area contributed by atoms with Crippen LogP contribution in [0.15, 0.2) is 29.3 Å². The lowest BCUT2D eigenvalue weighted by Crippen LogP contribution is -2.47. The van der Waals surface area contributed by atoms with E-state index in [0.717, 1.165) is 0 Å². The highest BCUT2D eigenvalue weighted by Crippen LogP contribution is 2.24. The molecule has 0 aliphatic carbocycles. The van der Waals surface area contributed by atoms with Crippen LogP contribution in [0.25, 0.3) is 0 Å². The maximum absolute atomic E-state index is 13.9. The van der Waals surface area contributed by atoms with Gasteiger partial charge in [-0.05, 0) is 18.6 Å². The number of hydrogen-bond donors (Lipinski definition) is 2. The first-order valence-corrected chi connectivity index (χ1v) is 7.12. The Morgan fingerprint density at radius 3 is 2.62 bits per heavy atom. The third kappa shape index (κ3) is 5.34. The van der Waals surface area contributed by atoms with Crippen molar-refractivity contribution in [2.45, 2.75) is 32.2 Å². The SMILES string of the molecule is CN=C(NCC(C)(C)c1ccccc1F)NC(C)COC. The van der Waals surface area contributed by atoms with Gasteiger partial charge in [0.05, 0.1) is 6.61 Å². The Morgan fingerprint density at radius 2 is 2.05 bits per heavy atom. The minimum atomic E-state index is -0.340. The monoisotopic (exact) mass is 295 g/mol. The van der Waals surface area contributed by atoms with Gasteiger partial charge >= 0.3 is 0 Å². The maximum atomic E-state index is 13.9. The smallest absolute Gasteiger partial charge is 0.191 e. The van der Waals surface area contributed by atoms with Gasteiger partial charge in [-0.3, -0.25) is 4.99 Å². The molecule has 0 radical (unpaired) electrons. The molecule has 0 aromatic heterocycles. The van der Waals surface area contributed by atoms with Crippen molar-refractivity contribution in [1.82, 2.24) is 10.6 Å². The summed E-state index contributed by atoms with van der Waals surface area (Å²) >= 11 is 0. The molecule has 1 aromatic rings. The fraction of sp³-hybridized carbons (Fsp3) is 0.562. The van der Waals surface area contributed by atoms with Gasteiger partial charge in [-0.25, -0.2) is 4.39 Å². The number of nitrogens with zero attached hydrogens (tertiary/aromatic N) is 1. The summed E-state index contributed by atoms with van der Waals surface area (Å²) in [7, 11) is 3.38. The van der Waals surface area contributed by atoms with E-state index < -0.39 is 0 Å². The Bertz CT molecular complexity index is 474. The van der Waals surface area contributed by atoms with E-state index in [9.17, 15) is 4.39 Å². The fourth-order valence-electron chi connectivity index (χ4n) is 2.13. The van der Waals surface area contributed by atoms with Crippen LogP contribution in [0.3, 0.4) is 0 Å². The predicted molar refractivity (Wildman–Crippen MR) is 85.3 cm³/mol. The van der Waals surface area contributed by atoms with Gasteiger partial charge in [0, 0.05) is 32.2 Å². The molecule has 2 N–H and O–H groups in total. The van der Waals surface area contributed by atoms with Crippen LogP contribution in [0.2, 0.25) is 0 Å². The molecule has 1 unspecified atom stereocenters. The number of methoxy groups -OCH3 is 1. The standard InChI is InChI=1S/C16H26FN3O/c1-12(10-21-5)20-15(18-4)19-11-16(2,3)13-8-6-7-9-14(13)17/h6-9,12H,10-11H2,1-5H3,(H2,18,19,20). The van der Waals surface area contributed by atoms with Crippen LogP contribution >= 0.6 is 0 Å². The molecule has 1 aromatic carbocycles. The van der Waals surface area contributed by atoms with Crippen molar-refractivity contribution in [1.29, 1.82) is 0 Å². The molecule has 0 aliphatic heterocycles. The second-order valence-corrected chi connectivity index (χ2v) is 5.79. The Hall–Kier alpha value is -1.62. The zero-order valence-corrected chi connectivity index (χ0v) is 13.5. The van der Waals surface area contributed by atoms with Crippen molar-refractivity contribution in [2.24, 2.45) is 4.99 Å². The van der Waals surface area contributed by atoms with Gasteiger partial charge in [-0.1, -0.05) is 32.0 Å². The molecule has 0 amide bonds. The van der Waals surface area contributed by atoms with Crippen LogP contribution in [-0.2, 0) is 10.2 Å². The van der Waals surface area contributed by atoms with Crippen molar-refractivity contribution in [3.8, 4) is 0 Å². The van der Waals surface area contributed by atoms with Crippen molar-refractivity contribution in [3.63, 3.8) is 0 Å². The highest BCUT2D eigenvalue weighted by Gasteiger charge is 2.24. The zero-order chi connectivity index (χ0) is 15.9. The first kappa shape index (κ1) is 17.4. The van der Waals surface area contributed by atoms with Crippen molar-refractivity contribution in [2.75, 3.05) is 27.3 Å². The van der Waals surface area contributed by atoms with Crippen LogP contribution in [0.4, 0.5) is 4.39 Å². The number of nitrogens with one attached hydrogen (secondary N) is 2. The van der Waals surface area contributed by atoms with Gasteiger partial charge in [-0.2, -0.15) is 0 Å². The van der Waals surface area contributed by atoms with Crippen LogP contribution in [0.5, 0.6) is 0 Å². The average Bonchev–Trinajstić information content (AvgIpc) is 2.44. The van der Waals surface area contributed by atoms with Crippen LogP contribution in [0.1, 0.15) is 26.3 Å². The zero-order valence-electron chi connectivity index (χ0n) is 13.5. The van der Waals surface area contributed by atoms with E-state index in [0.29, 0.717) is 24.7 Å². The van der Waals surface area contributed by atoms with Crippen molar-refractivity contribution in [3.05, 3.63) is 35.6 Å². The third-order valence-electron chi connectivity index (χ3n) is 3.32. The molecule has 0 aliphatic rings. The van der Waals surface area contributed by atoms with Crippen molar-refractivity contribution >= 4 is 5.96 Å². The minimum Gasteiger partial charge on any atom is -0.383 e. The molecule has 0 spiro atoms. The fourth-order valence-corrected chi connectivity index (χ4v) is 2.13. The molecule has 0 fully saturated rings. The van der Waals surface area contributed by atoms with Gasteiger partial charge in [0.1, 0.15) is 5.82 Å². The number of hydrogen-bond acceptors (Lipinski definition) is 2. The van der Waals surface area contributed by atoms with Gasteiger partial charge in [0.15, 0.2) is 5.96 Å². The topological polar surface area (TPSA) is 45.7 Å². The van der Waals surface area contributed by atoms with Gasteiger partial charge in [0.25, 0.3) is 0 Å². The highest BCUT2D eigenvalue weighted by molar-refractivity contribution is 5.80. The molecule has 5 heteroatoms. The van der Waals surface area contributed by atoms with Crippen molar-refractivity contribution < 1.29 is 9.13 Å². The lowest BCUT2D eigenvalue weighted by Gasteiger charge is -2.27. The predicted octanol–water partition coefficient (Wildman–Crippen LogP) is 2.30. The minimum absolute atomic E-state index is 0.151. The molecule has 0 saturated carbocycles. The summed E-state index contributed by atoms with van der Waals surface area (Å²) in [5, 5.41) is 6.47. The number of halogens is 1. The second kappa shape index (κ2) is 7.98. The molecule has 0 bridgehead atoms. The van der Waals surface area contributed by atoms with E-state index in [4.69, 9.17) is 4.74 Å². The van der Waals surface area contributed by atoms with E-state index in [-0.39, 0.29) is 17.3 Å². The average molecular weight is 295 g/mol. The molecular formula is C16H26FN3O. The first-order valence-electron chi connectivity index (χ1n) is 7.12. The quantitative estimate of drug-likeness (QED) is 0.625. The number of benzene rings is 1. The lowest BCUT2D eigenvalue weighted by atomic mass is 9.84. The summed E-state index contributed by atoms with van der Waals surface area (Å²) in [6.07, 6.45) is 0. The molecular weight excluding hydrogens is 269 g/mol.